The highest BCUT2D eigenvalue weighted by Gasteiger charge is 2.38. The third-order valence-corrected chi connectivity index (χ3v) is 22.5. The standard InChI is InChI=1S/C55H40O10S5/c1-31-6-16-36(17-7-31)66(56,57)46-26-42-48(68(60,61)38-20-10-33(3)11-21-38)28-44-50(70(64,65)40-24-14-35(5)15-25-40)30-45-49(69(62,63)39-22-12-34(4)13-23-39)29-43-47(67(58,59)37-18-8-32(2)9-19-37)27-41(46)51-52(42)54(44)55(45)53(43)51/h6-30H,1-5H3. The minimum Gasteiger partial charge on any atom is -0.218 e. The van der Waals surface area contributed by atoms with E-state index in [4.69, 9.17) is 0 Å². The van der Waals surface area contributed by atoms with E-state index in [1.165, 1.54) is 91.0 Å². The van der Waals surface area contributed by atoms with Gasteiger partial charge in [0.2, 0.25) is 49.2 Å². The Balaban J connectivity index is 1.44. The number of rotatable bonds is 10. The van der Waals surface area contributed by atoms with Crippen LogP contribution < -0.4 is 0 Å². The van der Waals surface area contributed by atoms with Gasteiger partial charge in [-0.2, -0.15) is 0 Å². The van der Waals surface area contributed by atoms with Crippen LogP contribution in [0.25, 0.3) is 53.9 Å². The normalized spacial score (nSPS) is 13.2. The highest BCUT2D eigenvalue weighted by Crippen LogP contribution is 2.56. The summed E-state index contributed by atoms with van der Waals surface area (Å²) < 4.78 is 153. The molecule has 10 nitrogen and oxygen atoms in total. The quantitative estimate of drug-likeness (QED) is 0.120. The predicted octanol–water partition coefficient (Wildman–Crippen LogP) is 11.5. The Kier molecular flexibility index (Phi) is 10.0. The lowest BCUT2D eigenvalue weighted by Crippen LogP contribution is -2.08. The molecule has 15 heteroatoms. The lowest BCUT2D eigenvalue weighted by Gasteiger charge is -2.17. The Morgan fingerprint density at radius 1 is 0.214 bits per heavy atom. The van der Waals surface area contributed by atoms with Gasteiger partial charge in [0.05, 0.1) is 49.0 Å². The van der Waals surface area contributed by atoms with Crippen LogP contribution in [0.1, 0.15) is 27.8 Å². The molecule has 0 unspecified atom stereocenters. The van der Waals surface area contributed by atoms with Crippen LogP contribution in [0.5, 0.6) is 0 Å². The van der Waals surface area contributed by atoms with Crippen LogP contribution in [0.2, 0.25) is 0 Å². The summed E-state index contributed by atoms with van der Waals surface area (Å²) in [5.41, 5.74) is 3.81. The van der Waals surface area contributed by atoms with Gasteiger partial charge in [-0.1, -0.05) is 88.5 Å². The summed E-state index contributed by atoms with van der Waals surface area (Å²) in [7, 11) is -23.2. The van der Waals surface area contributed by atoms with Crippen molar-refractivity contribution in [1.29, 1.82) is 0 Å². The maximum atomic E-state index is 15.3. The molecule has 70 heavy (non-hydrogen) atoms. The van der Waals surface area contributed by atoms with Crippen molar-refractivity contribution in [2.45, 2.75) is 83.6 Å². The molecule has 0 spiro atoms. The molecule has 0 radical (unpaired) electrons. The monoisotopic (exact) mass is 1020 g/mol. The smallest absolute Gasteiger partial charge is 0.207 e. The first kappa shape index (κ1) is 45.7. The Bertz CT molecular complexity index is 3850. The zero-order valence-corrected chi connectivity index (χ0v) is 42.1. The van der Waals surface area contributed by atoms with E-state index in [2.05, 4.69) is 0 Å². The topological polar surface area (TPSA) is 171 Å². The largest absolute Gasteiger partial charge is 0.218 e. The van der Waals surface area contributed by atoms with Crippen molar-refractivity contribution in [2.24, 2.45) is 0 Å². The molecular weight excluding hydrogens is 981 g/mol. The number of hydrogen-bond donors (Lipinski definition) is 0. The van der Waals surface area contributed by atoms with Gasteiger partial charge in [0, 0.05) is 53.9 Å². The molecule has 0 atom stereocenters. The summed E-state index contributed by atoms with van der Waals surface area (Å²) in [6.07, 6.45) is 0. The summed E-state index contributed by atoms with van der Waals surface area (Å²) in [5.74, 6) is 0. The molecule has 0 aliphatic carbocycles. The van der Waals surface area contributed by atoms with Crippen molar-refractivity contribution in [3.63, 3.8) is 0 Å². The molecule has 0 fully saturated rings. The van der Waals surface area contributed by atoms with E-state index in [1.54, 1.807) is 95.3 Å². The van der Waals surface area contributed by atoms with E-state index < -0.39 is 73.7 Å². The van der Waals surface area contributed by atoms with Crippen molar-refractivity contribution < 1.29 is 42.1 Å². The zero-order valence-electron chi connectivity index (χ0n) is 38.1. The van der Waals surface area contributed by atoms with Gasteiger partial charge in [-0.25, -0.2) is 42.1 Å². The molecule has 11 rings (SSSR count). The summed E-state index contributed by atoms with van der Waals surface area (Å²) in [6.45, 7) is 8.93. The fourth-order valence-corrected chi connectivity index (χ4v) is 17.0. The van der Waals surface area contributed by atoms with Crippen LogP contribution in [0.3, 0.4) is 0 Å². The molecule has 0 saturated carbocycles. The van der Waals surface area contributed by atoms with Crippen LogP contribution in [0.15, 0.2) is 201 Å². The fourth-order valence-electron chi connectivity index (χ4n) is 9.68. The molecule has 0 bridgehead atoms. The summed E-state index contributed by atoms with van der Waals surface area (Å²) >= 11 is 0. The average Bonchev–Trinajstić information content (AvgIpc) is 3.69. The molecule has 0 saturated heterocycles. The van der Waals surface area contributed by atoms with Crippen LogP contribution in [-0.2, 0) is 49.2 Å². The SMILES string of the molecule is Cc1ccc(S(=O)(=O)c2cc3c(S(=O)(=O)c4ccc(C)cc4)cc4c(S(=O)(=O)c5ccc(C)cc5)cc5c(S(=O)(=O)c6ccc(C)cc6)cc6c(S(=O)(=O)c7ccc(C)cc7)cc2c2c6c5c4c32)cc1. The first-order valence-electron chi connectivity index (χ1n) is 22.0. The summed E-state index contributed by atoms with van der Waals surface area (Å²) in [5, 5.41) is 0.154. The van der Waals surface area contributed by atoms with Crippen LogP contribution >= 0.6 is 0 Å². The van der Waals surface area contributed by atoms with Gasteiger partial charge < -0.3 is 0 Å². The maximum Gasteiger partial charge on any atom is 0.207 e. The Morgan fingerprint density at radius 3 is 0.471 bits per heavy atom. The first-order chi connectivity index (χ1) is 33.0. The third kappa shape index (κ3) is 6.62. The fraction of sp³-hybridized carbons (Fsp3) is 0.0909. The van der Waals surface area contributed by atoms with Gasteiger partial charge in [0.25, 0.3) is 0 Å². The van der Waals surface area contributed by atoms with E-state index >= 15 is 42.1 Å². The van der Waals surface area contributed by atoms with Crippen molar-refractivity contribution in [2.75, 3.05) is 0 Å². The van der Waals surface area contributed by atoms with Crippen molar-refractivity contribution in [3.05, 3.63) is 179 Å². The number of aryl methyl sites for hydroxylation is 5. The van der Waals surface area contributed by atoms with Crippen molar-refractivity contribution in [3.8, 4) is 0 Å². The van der Waals surface area contributed by atoms with E-state index in [9.17, 15) is 0 Å². The maximum absolute atomic E-state index is 15.3. The Labute approximate surface area is 405 Å². The summed E-state index contributed by atoms with van der Waals surface area (Å²) in [4.78, 5) is -2.83. The lowest BCUT2D eigenvalue weighted by atomic mass is 9.99. The van der Waals surface area contributed by atoms with Gasteiger partial charge in [-0.3, -0.25) is 0 Å². The highest BCUT2D eigenvalue weighted by molar-refractivity contribution is 7.93. The molecule has 0 heterocycles. The highest BCUT2D eigenvalue weighted by atomic mass is 32.2. The minimum atomic E-state index is -4.63. The molecule has 11 aromatic rings. The zero-order chi connectivity index (χ0) is 49.6. The molecule has 0 N–H and O–H groups in total. The van der Waals surface area contributed by atoms with E-state index in [0.717, 1.165) is 27.8 Å². The average molecular weight is 1020 g/mol. The number of hydrogen-bond acceptors (Lipinski definition) is 10. The molecule has 0 amide bonds. The number of sulfone groups is 5. The predicted molar refractivity (Wildman–Crippen MR) is 271 cm³/mol. The Morgan fingerprint density at radius 2 is 0.343 bits per heavy atom. The second-order valence-corrected chi connectivity index (χ2v) is 27.7. The third-order valence-electron chi connectivity index (χ3n) is 13.4. The molecular formula is C55H40O10S5. The van der Waals surface area contributed by atoms with E-state index in [1.807, 2.05) is 0 Å². The van der Waals surface area contributed by atoms with Crippen LogP contribution in [-0.4, -0.2) is 42.1 Å². The molecule has 11 aromatic carbocycles. The van der Waals surface area contributed by atoms with E-state index in [-0.39, 0.29) is 78.3 Å². The van der Waals surface area contributed by atoms with Crippen molar-refractivity contribution in [1.82, 2.24) is 0 Å². The molecule has 0 aliphatic rings. The Hall–Kier alpha value is -6.75. The molecule has 350 valence electrons. The van der Waals surface area contributed by atoms with Gasteiger partial charge >= 0.3 is 0 Å². The van der Waals surface area contributed by atoms with Gasteiger partial charge in [-0.05, 0) is 126 Å². The molecule has 0 aliphatic heterocycles. The number of benzene rings is 10. The van der Waals surface area contributed by atoms with Gasteiger partial charge in [0.15, 0.2) is 0 Å². The van der Waals surface area contributed by atoms with Gasteiger partial charge in [0.1, 0.15) is 0 Å². The second-order valence-electron chi connectivity index (χ2n) is 18.1. The van der Waals surface area contributed by atoms with E-state index in [0.29, 0.717) is 0 Å². The van der Waals surface area contributed by atoms with Crippen molar-refractivity contribution >= 4 is 103 Å². The van der Waals surface area contributed by atoms with Crippen LogP contribution in [0, 0.1) is 34.6 Å². The lowest BCUT2D eigenvalue weighted by molar-refractivity contribution is 0.594. The van der Waals surface area contributed by atoms with Crippen LogP contribution in [0.4, 0.5) is 0 Å². The minimum absolute atomic E-state index is 0.0907. The molecule has 0 aromatic heterocycles. The summed E-state index contributed by atoms with van der Waals surface area (Å²) in [6, 6.07) is 36.4. The second kappa shape index (κ2) is 15.4. The van der Waals surface area contributed by atoms with Gasteiger partial charge in [-0.15, -0.1) is 0 Å². The first-order valence-corrected chi connectivity index (χ1v) is 29.4.